The molecule has 0 unspecified atom stereocenters. The number of aromatic nitrogens is 2. The standard InChI is InChI=1S/C15H18N2O3/c1-11-6-12(7-13(10-18)15(11)20-3)14-8-16-17(9-14)4-5-19-2/h6-10H,4-5H2,1-3H3. The Hall–Kier alpha value is -2.14. The summed E-state index contributed by atoms with van der Waals surface area (Å²) in [5.74, 6) is 0.621. The van der Waals surface area contributed by atoms with E-state index >= 15 is 0 Å². The molecule has 0 fully saturated rings. The van der Waals surface area contributed by atoms with Crippen LogP contribution in [-0.4, -0.2) is 36.9 Å². The zero-order valence-corrected chi connectivity index (χ0v) is 11.9. The summed E-state index contributed by atoms with van der Waals surface area (Å²) in [4.78, 5) is 11.2. The summed E-state index contributed by atoms with van der Waals surface area (Å²) < 4.78 is 12.1. The molecule has 5 nitrogen and oxygen atoms in total. The number of aryl methyl sites for hydroxylation is 1. The van der Waals surface area contributed by atoms with Crippen molar-refractivity contribution in [3.63, 3.8) is 0 Å². The maximum atomic E-state index is 11.2. The molecule has 0 spiro atoms. The van der Waals surface area contributed by atoms with Gasteiger partial charge in [-0.3, -0.25) is 9.48 Å². The minimum Gasteiger partial charge on any atom is -0.496 e. The van der Waals surface area contributed by atoms with Gasteiger partial charge in [0, 0.05) is 18.9 Å². The lowest BCUT2D eigenvalue weighted by atomic mass is 10.0. The fourth-order valence-corrected chi connectivity index (χ4v) is 2.15. The maximum absolute atomic E-state index is 11.2. The number of hydrogen-bond donors (Lipinski definition) is 0. The molecule has 1 heterocycles. The fraction of sp³-hybridized carbons (Fsp3) is 0.333. The van der Waals surface area contributed by atoms with Gasteiger partial charge in [0.2, 0.25) is 0 Å². The number of ether oxygens (including phenoxy) is 2. The lowest BCUT2D eigenvalue weighted by Crippen LogP contribution is -2.03. The van der Waals surface area contributed by atoms with E-state index in [1.54, 1.807) is 20.4 Å². The quantitative estimate of drug-likeness (QED) is 0.759. The molecule has 0 N–H and O–H groups in total. The molecule has 1 aromatic carbocycles. The highest BCUT2D eigenvalue weighted by Gasteiger charge is 2.10. The summed E-state index contributed by atoms with van der Waals surface area (Å²) in [6, 6.07) is 3.81. The van der Waals surface area contributed by atoms with E-state index in [0.717, 1.165) is 23.0 Å². The van der Waals surface area contributed by atoms with Crippen LogP contribution in [0.2, 0.25) is 0 Å². The second-order valence-corrected chi connectivity index (χ2v) is 4.52. The summed E-state index contributed by atoms with van der Waals surface area (Å²) in [6.07, 6.45) is 4.53. The molecule has 1 aromatic heterocycles. The van der Waals surface area contributed by atoms with Crippen LogP contribution in [0.1, 0.15) is 15.9 Å². The molecule has 5 heteroatoms. The predicted molar refractivity (Wildman–Crippen MR) is 76.2 cm³/mol. The van der Waals surface area contributed by atoms with Gasteiger partial charge in [-0.05, 0) is 30.2 Å². The number of benzene rings is 1. The van der Waals surface area contributed by atoms with Gasteiger partial charge in [-0.25, -0.2) is 0 Å². The van der Waals surface area contributed by atoms with Gasteiger partial charge in [0.05, 0.1) is 32.0 Å². The molecule has 106 valence electrons. The van der Waals surface area contributed by atoms with Crippen molar-refractivity contribution in [2.45, 2.75) is 13.5 Å². The first-order chi connectivity index (χ1) is 9.69. The van der Waals surface area contributed by atoms with Crippen molar-refractivity contribution >= 4 is 6.29 Å². The van der Waals surface area contributed by atoms with Crippen LogP contribution in [0.3, 0.4) is 0 Å². The van der Waals surface area contributed by atoms with Crippen molar-refractivity contribution in [1.82, 2.24) is 9.78 Å². The van der Waals surface area contributed by atoms with Gasteiger partial charge in [-0.1, -0.05) is 0 Å². The van der Waals surface area contributed by atoms with E-state index < -0.39 is 0 Å². The van der Waals surface area contributed by atoms with Gasteiger partial charge in [0.15, 0.2) is 6.29 Å². The zero-order chi connectivity index (χ0) is 14.5. The average molecular weight is 274 g/mol. The zero-order valence-electron chi connectivity index (χ0n) is 11.9. The average Bonchev–Trinajstić information content (AvgIpc) is 2.93. The van der Waals surface area contributed by atoms with Crippen molar-refractivity contribution in [3.8, 4) is 16.9 Å². The Bertz CT molecular complexity index is 605. The minimum absolute atomic E-state index is 0.548. The Morgan fingerprint density at radius 1 is 1.30 bits per heavy atom. The number of carbonyl (C=O) groups is 1. The Morgan fingerprint density at radius 2 is 2.10 bits per heavy atom. The molecule has 0 atom stereocenters. The summed E-state index contributed by atoms with van der Waals surface area (Å²) in [5.41, 5.74) is 3.40. The first kappa shape index (κ1) is 14.3. The summed E-state index contributed by atoms with van der Waals surface area (Å²) in [6.45, 7) is 3.24. The van der Waals surface area contributed by atoms with Crippen molar-refractivity contribution in [2.24, 2.45) is 0 Å². The van der Waals surface area contributed by atoms with Crippen LogP contribution >= 0.6 is 0 Å². The first-order valence-electron chi connectivity index (χ1n) is 6.35. The van der Waals surface area contributed by atoms with Gasteiger partial charge >= 0.3 is 0 Å². The largest absolute Gasteiger partial charge is 0.496 e. The van der Waals surface area contributed by atoms with E-state index in [2.05, 4.69) is 5.10 Å². The van der Waals surface area contributed by atoms with Crippen LogP contribution in [0.15, 0.2) is 24.5 Å². The molecule has 2 rings (SSSR count). The van der Waals surface area contributed by atoms with Gasteiger partial charge in [0.25, 0.3) is 0 Å². The molecule has 0 saturated carbocycles. The van der Waals surface area contributed by atoms with Crippen LogP contribution in [0.4, 0.5) is 0 Å². The third kappa shape index (κ3) is 2.88. The number of rotatable bonds is 6. The van der Waals surface area contributed by atoms with Gasteiger partial charge < -0.3 is 9.47 Å². The number of methoxy groups -OCH3 is 2. The third-order valence-corrected chi connectivity index (χ3v) is 3.13. The highest BCUT2D eigenvalue weighted by molar-refractivity contribution is 5.84. The smallest absolute Gasteiger partial charge is 0.153 e. The van der Waals surface area contributed by atoms with Gasteiger partial charge in [-0.2, -0.15) is 5.10 Å². The van der Waals surface area contributed by atoms with E-state index in [-0.39, 0.29) is 0 Å². The van der Waals surface area contributed by atoms with Crippen LogP contribution in [0.5, 0.6) is 5.75 Å². The number of aldehydes is 1. The summed E-state index contributed by atoms with van der Waals surface area (Å²) >= 11 is 0. The van der Waals surface area contributed by atoms with Crippen LogP contribution in [-0.2, 0) is 11.3 Å². The molecule has 0 amide bonds. The molecule has 0 radical (unpaired) electrons. The maximum Gasteiger partial charge on any atom is 0.153 e. The van der Waals surface area contributed by atoms with Crippen LogP contribution in [0, 0.1) is 6.92 Å². The van der Waals surface area contributed by atoms with E-state index in [0.29, 0.717) is 24.5 Å². The van der Waals surface area contributed by atoms with Gasteiger partial charge in [0.1, 0.15) is 5.75 Å². The molecular weight excluding hydrogens is 256 g/mol. The second kappa shape index (κ2) is 6.34. The highest BCUT2D eigenvalue weighted by atomic mass is 16.5. The molecule has 20 heavy (non-hydrogen) atoms. The Balaban J connectivity index is 2.35. The lowest BCUT2D eigenvalue weighted by molar-refractivity contribution is 0.112. The molecule has 2 aromatic rings. The number of nitrogens with zero attached hydrogens (tertiary/aromatic N) is 2. The van der Waals surface area contributed by atoms with Crippen molar-refractivity contribution in [1.29, 1.82) is 0 Å². The second-order valence-electron chi connectivity index (χ2n) is 4.52. The number of carbonyl (C=O) groups excluding carboxylic acids is 1. The monoisotopic (exact) mass is 274 g/mol. The Labute approximate surface area is 118 Å². The van der Waals surface area contributed by atoms with E-state index in [1.807, 2.05) is 29.9 Å². The van der Waals surface area contributed by atoms with Gasteiger partial charge in [-0.15, -0.1) is 0 Å². The summed E-state index contributed by atoms with van der Waals surface area (Å²) in [7, 11) is 3.23. The van der Waals surface area contributed by atoms with Crippen LogP contribution in [0.25, 0.3) is 11.1 Å². The fourth-order valence-electron chi connectivity index (χ4n) is 2.15. The van der Waals surface area contributed by atoms with Crippen molar-refractivity contribution in [2.75, 3.05) is 20.8 Å². The van der Waals surface area contributed by atoms with E-state index in [9.17, 15) is 4.79 Å². The minimum atomic E-state index is 0.548. The summed E-state index contributed by atoms with van der Waals surface area (Å²) in [5, 5.41) is 4.27. The molecule has 0 aliphatic carbocycles. The van der Waals surface area contributed by atoms with Crippen molar-refractivity contribution in [3.05, 3.63) is 35.7 Å². The highest BCUT2D eigenvalue weighted by Crippen LogP contribution is 2.29. The number of hydrogen-bond acceptors (Lipinski definition) is 4. The normalized spacial score (nSPS) is 10.6. The molecule has 0 bridgehead atoms. The van der Waals surface area contributed by atoms with Crippen LogP contribution < -0.4 is 4.74 Å². The first-order valence-corrected chi connectivity index (χ1v) is 6.35. The predicted octanol–water partition coefficient (Wildman–Crippen LogP) is 2.33. The van der Waals surface area contributed by atoms with E-state index in [1.165, 1.54) is 0 Å². The van der Waals surface area contributed by atoms with Crippen molar-refractivity contribution < 1.29 is 14.3 Å². The topological polar surface area (TPSA) is 53.4 Å². The lowest BCUT2D eigenvalue weighted by Gasteiger charge is -2.09. The molecule has 0 aliphatic heterocycles. The SMILES string of the molecule is COCCn1cc(-c2cc(C)c(OC)c(C=O)c2)cn1. The molecular formula is C15H18N2O3. The Morgan fingerprint density at radius 3 is 2.75 bits per heavy atom. The van der Waals surface area contributed by atoms with E-state index in [4.69, 9.17) is 9.47 Å². The molecule has 0 saturated heterocycles. The Kier molecular flexibility index (Phi) is 4.53. The molecule has 0 aliphatic rings. The third-order valence-electron chi connectivity index (χ3n) is 3.13.